The Kier molecular flexibility index (Phi) is 2.93. The second kappa shape index (κ2) is 3.97. The predicted molar refractivity (Wildman–Crippen MR) is 61.0 cm³/mol. The van der Waals surface area contributed by atoms with Crippen LogP contribution in [0, 0.1) is 5.92 Å². The molecule has 3 heteroatoms. The quantitative estimate of drug-likeness (QED) is 0.676. The van der Waals surface area contributed by atoms with Crippen molar-refractivity contribution < 1.29 is 14.3 Å². The minimum atomic E-state index is -0.481. The number of Topliss-reactive ketones (excluding diaryl/α,β-unsaturated/α-hetero) is 1. The maximum absolute atomic E-state index is 11.2. The van der Waals surface area contributed by atoms with E-state index in [2.05, 4.69) is 6.08 Å². The van der Waals surface area contributed by atoms with Crippen LogP contribution in [0.2, 0.25) is 0 Å². The van der Waals surface area contributed by atoms with E-state index >= 15 is 0 Å². The Labute approximate surface area is 96.8 Å². The van der Waals surface area contributed by atoms with Crippen molar-refractivity contribution in [2.75, 3.05) is 0 Å². The van der Waals surface area contributed by atoms with Crippen LogP contribution in [-0.4, -0.2) is 23.8 Å². The molecule has 2 fully saturated rings. The highest BCUT2D eigenvalue weighted by atomic mass is 16.8. The molecule has 1 saturated carbocycles. The molecule has 1 aliphatic carbocycles. The minimum absolute atomic E-state index is 0.0596. The Morgan fingerprint density at radius 3 is 2.75 bits per heavy atom. The molecule has 3 nitrogen and oxygen atoms in total. The van der Waals surface area contributed by atoms with E-state index in [0.29, 0.717) is 12.3 Å². The Morgan fingerprint density at radius 2 is 2.19 bits per heavy atom. The summed E-state index contributed by atoms with van der Waals surface area (Å²) in [5, 5.41) is 0. The number of hydrogen-bond acceptors (Lipinski definition) is 3. The van der Waals surface area contributed by atoms with Gasteiger partial charge in [0.2, 0.25) is 0 Å². The number of rotatable bonds is 2. The second-order valence-corrected chi connectivity index (χ2v) is 5.22. The van der Waals surface area contributed by atoms with Gasteiger partial charge in [-0.15, -0.1) is 0 Å². The van der Waals surface area contributed by atoms with Crippen molar-refractivity contribution in [1.82, 2.24) is 0 Å². The zero-order chi connectivity index (χ0) is 11.9. The van der Waals surface area contributed by atoms with Gasteiger partial charge in [-0.2, -0.15) is 0 Å². The molecule has 1 unspecified atom stereocenters. The van der Waals surface area contributed by atoms with Crippen LogP contribution in [0.1, 0.15) is 40.5 Å². The lowest BCUT2D eigenvalue weighted by Crippen LogP contribution is -2.24. The highest BCUT2D eigenvalue weighted by Gasteiger charge is 2.49. The molecule has 0 N–H and O–H groups in total. The molecule has 16 heavy (non-hydrogen) atoms. The van der Waals surface area contributed by atoms with Gasteiger partial charge in [-0.3, -0.25) is 0 Å². The summed E-state index contributed by atoms with van der Waals surface area (Å²) in [6, 6.07) is 0. The molecule has 3 atom stereocenters. The largest absolute Gasteiger partial charge is 0.344 e. The van der Waals surface area contributed by atoms with Crippen LogP contribution in [-0.2, 0) is 14.3 Å². The molecule has 1 heterocycles. The summed E-state index contributed by atoms with van der Waals surface area (Å²) >= 11 is 0. The fraction of sp³-hybridized carbons (Fsp3) is 0.769. The first-order chi connectivity index (χ1) is 7.43. The molecule has 90 valence electrons. The third kappa shape index (κ3) is 2.06. The van der Waals surface area contributed by atoms with E-state index in [-0.39, 0.29) is 18.0 Å². The highest BCUT2D eigenvalue weighted by molar-refractivity contribution is 5.76. The molecule has 1 aliphatic heterocycles. The van der Waals surface area contributed by atoms with Gasteiger partial charge in [0.15, 0.2) is 5.79 Å². The number of fused-ring (bicyclic) bond motifs is 1. The molecule has 0 aromatic rings. The topological polar surface area (TPSA) is 35.5 Å². The molecule has 2 rings (SSSR count). The first-order valence-corrected chi connectivity index (χ1v) is 5.94. The zero-order valence-electron chi connectivity index (χ0n) is 10.4. The van der Waals surface area contributed by atoms with Crippen LogP contribution in [0.5, 0.6) is 0 Å². The van der Waals surface area contributed by atoms with E-state index in [1.165, 1.54) is 5.57 Å². The smallest absolute Gasteiger partial charge is 0.164 e. The number of hydrogen-bond donors (Lipinski definition) is 0. The summed E-state index contributed by atoms with van der Waals surface area (Å²) in [6.07, 6.45) is 3.80. The van der Waals surface area contributed by atoms with E-state index in [9.17, 15) is 4.79 Å². The van der Waals surface area contributed by atoms with E-state index in [1.54, 1.807) is 6.92 Å². The molecule has 2 aliphatic rings. The standard InChI is InChI=1S/C13H20O3/c1-5-10-9(6-8(2)14)7-11-12(10)16-13(3,4)15-11/h5,9,11-12H,6-7H2,1-4H3/b10-5+/t9-,11-,12?/m0/s1. The Hall–Kier alpha value is -0.670. The van der Waals surface area contributed by atoms with Gasteiger partial charge < -0.3 is 14.3 Å². The van der Waals surface area contributed by atoms with Gasteiger partial charge in [0, 0.05) is 6.42 Å². The number of ketones is 1. The van der Waals surface area contributed by atoms with E-state index in [0.717, 1.165) is 6.42 Å². The van der Waals surface area contributed by atoms with Gasteiger partial charge >= 0.3 is 0 Å². The van der Waals surface area contributed by atoms with Gasteiger partial charge in [-0.05, 0) is 45.6 Å². The number of carbonyl (C=O) groups excluding carboxylic acids is 1. The average Bonchev–Trinajstić information content (AvgIpc) is 2.54. The Balaban J connectivity index is 2.13. The van der Waals surface area contributed by atoms with Gasteiger partial charge in [-0.25, -0.2) is 0 Å². The summed E-state index contributed by atoms with van der Waals surface area (Å²) in [4.78, 5) is 11.2. The van der Waals surface area contributed by atoms with Crippen molar-refractivity contribution in [2.45, 2.75) is 58.5 Å². The van der Waals surface area contributed by atoms with Crippen molar-refractivity contribution in [3.63, 3.8) is 0 Å². The van der Waals surface area contributed by atoms with Gasteiger partial charge in [0.1, 0.15) is 11.9 Å². The molecule has 0 bridgehead atoms. The van der Waals surface area contributed by atoms with E-state index in [4.69, 9.17) is 9.47 Å². The van der Waals surface area contributed by atoms with Crippen LogP contribution in [0.3, 0.4) is 0 Å². The lowest BCUT2D eigenvalue weighted by atomic mass is 9.96. The summed E-state index contributed by atoms with van der Waals surface area (Å²) < 4.78 is 11.7. The Bertz CT molecular complexity index is 330. The van der Waals surface area contributed by atoms with Gasteiger partial charge in [0.25, 0.3) is 0 Å². The first kappa shape index (κ1) is 11.8. The molecular formula is C13H20O3. The molecule has 1 saturated heterocycles. The fourth-order valence-corrected chi connectivity index (χ4v) is 2.89. The maximum Gasteiger partial charge on any atom is 0.164 e. The molecule has 0 spiro atoms. The average molecular weight is 224 g/mol. The Morgan fingerprint density at radius 1 is 1.50 bits per heavy atom. The molecular weight excluding hydrogens is 204 g/mol. The van der Waals surface area contributed by atoms with Crippen LogP contribution < -0.4 is 0 Å². The molecule has 0 aromatic heterocycles. The van der Waals surface area contributed by atoms with Crippen molar-refractivity contribution in [1.29, 1.82) is 0 Å². The molecule has 0 amide bonds. The lowest BCUT2D eigenvalue weighted by molar-refractivity contribution is -0.149. The van der Waals surface area contributed by atoms with Crippen LogP contribution in [0.15, 0.2) is 11.6 Å². The van der Waals surface area contributed by atoms with E-state index in [1.807, 2.05) is 20.8 Å². The third-order valence-corrected chi connectivity index (χ3v) is 3.37. The summed E-state index contributed by atoms with van der Waals surface area (Å²) in [5.41, 5.74) is 1.24. The van der Waals surface area contributed by atoms with Crippen molar-refractivity contribution in [2.24, 2.45) is 5.92 Å². The van der Waals surface area contributed by atoms with Crippen LogP contribution in [0.4, 0.5) is 0 Å². The minimum Gasteiger partial charge on any atom is -0.344 e. The fourth-order valence-electron chi connectivity index (χ4n) is 2.89. The highest BCUT2D eigenvalue weighted by Crippen LogP contribution is 2.45. The number of carbonyl (C=O) groups is 1. The monoisotopic (exact) mass is 224 g/mol. The zero-order valence-corrected chi connectivity index (χ0v) is 10.4. The summed E-state index contributed by atoms with van der Waals surface area (Å²) in [6.45, 7) is 7.55. The molecule has 0 aromatic carbocycles. The second-order valence-electron chi connectivity index (χ2n) is 5.22. The number of allylic oxidation sites excluding steroid dienone is 1. The first-order valence-electron chi connectivity index (χ1n) is 5.94. The number of ether oxygens (including phenoxy) is 2. The lowest BCUT2D eigenvalue weighted by Gasteiger charge is -2.21. The van der Waals surface area contributed by atoms with Crippen molar-refractivity contribution in [3.8, 4) is 0 Å². The van der Waals surface area contributed by atoms with Crippen molar-refractivity contribution in [3.05, 3.63) is 11.6 Å². The predicted octanol–water partition coefficient (Wildman–Crippen LogP) is 2.45. The van der Waals surface area contributed by atoms with Crippen LogP contribution >= 0.6 is 0 Å². The van der Waals surface area contributed by atoms with E-state index < -0.39 is 5.79 Å². The summed E-state index contributed by atoms with van der Waals surface area (Å²) in [5.74, 6) is 0.0716. The molecule has 0 radical (unpaired) electrons. The summed E-state index contributed by atoms with van der Waals surface area (Å²) in [7, 11) is 0. The maximum atomic E-state index is 11.2. The van der Waals surface area contributed by atoms with Gasteiger partial charge in [-0.1, -0.05) is 6.08 Å². The normalized spacial score (nSPS) is 39.0. The van der Waals surface area contributed by atoms with Crippen molar-refractivity contribution >= 4 is 5.78 Å². The van der Waals surface area contributed by atoms with Gasteiger partial charge in [0.05, 0.1) is 6.10 Å². The SMILES string of the molecule is C/C=C1/C2OC(C)(C)O[C@H]2C[C@@H]1CC(C)=O. The third-order valence-electron chi connectivity index (χ3n) is 3.37. The van der Waals surface area contributed by atoms with Crippen LogP contribution in [0.25, 0.3) is 0 Å².